The first-order valence-corrected chi connectivity index (χ1v) is 6.67. The topological polar surface area (TPSA) is 30.5 Å². The van der Waals surface area contributed by atoms with Crippen LogP contribution in [0.4, 0.5) is 0 Å². The molecule has 2 unspecified atom stereocenters. The lowest BCUT2D eigenvalue weighted by Gasteiger charge is -2.16. The van der Waals surface area contributed by atoms with Crippen molar-refractivity contribution in [3.05, 3.63) is 35.4 Å². The van der Waals surface area contributed by atoms with Crippen LogP contribution in [0.3, 0.4) is 0 Å². The van der Waals surface area contributed by atoms with Gasteiger partial charge in [-0.2, -0.15) is 0 Å². The second kappa shape index (κ2) is 6.88. The van der Waals surface area contributed by atoms with Gasteiger partial charge in [-0.15, -0.1) is 0 Å². The van der Waals surface area contributed by atoms with Crippen molar-refractivity contribution in [1.29, 1.82) is 0 Å². The minimum atomic E-state index is 0.0358. The zero-order valence-corrected chi connectivity index (χ0v) is 11.3. The van der Waals surface area contributed by atoms with Crippen molar-refractivity contribution in [3.63, 3.8) is 0 Å². The smallest absolute Gasteiger partial charge is 0.105 e. The molecule has 0 aliphatic carbocycles. The maximum atomic E-state index is 5.41. The van der Waals surface area contributed by atoms with Crippen molar-refractivity contribution < 1.29 is 9.47 Å². The highest BCUT2D eigenvalue weighted by Gasteiger charge is 2.15. The second-order valence-corrected chi connectivity index (χ2v) is 4.92. The third-order valence-corrected chi connectivity index (χ3v) is 3.60. The normalized spacial score (nSPS) is 21.1. The summed E-state index contributed by atoms with van der Waals surface area (Å²) in [4.78, 5) is 0. The van der Waals surface area contributed by atoms with E-state index in [1.807, 2.05) is 0 Å². The molecule has 1 aliphatic rings. The lowest BCUT2D eigenvalue weighted by molar-refractivity contribution is 0.0275. The lowest BCUT2D eigenvalue weighted by atomic mass is 10.0. The zero-order valence-electron chi connectivity index (χ0n) is 11.3. The van der Waals surface area contributed by atoms with Gasteiger partial charge in [0.2, 0.25) is 0 Å². The third kappa shape index (κ3) is 3.55. The van der Waals surface area contributed by atoms with E-state index in [1.165, 1.54) is 30.5 Å². The number of nitrogens with one attached hydrogen (secondary N) is 1. The quantitative estimate of drug-likeness (QED) is 0.839. The molecule has 1 heterocycles. The molecule has 0 amide bonds. The minimum absolute atomic E-state index is 0.0358. The van der Waals surface area contributed by atoms with Crippen molar-refractivity contribution in [2.45, 2.75) is 31.4 Å². The number of methoxy groups -OCH3 is 2. The first kappa shape index (κ1) is 13.5. The number of hydrogen-bond donors (Lipinski definition) is 1. The Hall–Kier alpha value is -0.900. The van der Waals surface area contributed by atoms with Gasteiger partial charge < -0.3 is 14.8 Å². The predicted molar refractivity (Wildman–Crippen MR) is 72.8 cm³/mol. The first-order valence-electron chi connectivity index (χ1n) is 6.67. The number of rotatable bonds is 6. The highest BCUT2D eigenvalue weighted by Crippen LogP contribution is 2.19. The maximum Gasteiger partial charge on any atom is 0.105 e. The summed E-state index contributed by atoms with van der Waals surface area (Å²) in [6, 6.07) is 9.37. The maximum absolute atomic E-state index is 5.41. The number of ether oxygens (including phenoxy) is 2. The molecule has 0 aromatic heterocycles. The SMILES string of the molecule is COCC(OC)c1ccc(CC2CCCN2)cc1. The van der Waals surface area contributed by atoms with Gasteiger partial charge in [0.25, 0.3) is 0 Å². The van der Waals surface area contributed by atoms with Crippen molar-refractivity contribution in [1.82, 2.24) is 5.32 Å². The van der Waals surface area contributed by atoms with Crippen LogP contribution in [0.15, 0.2) is 24.3 Å². The lowest BCUT2D eigenvalue weighted by Crippen LogP contribution is -2.23. The van der Waals surface area contributed by atoms with Crippen LogP contribution in [-0.4, -0.2) is 33.4 Å². The van der Waals surface area contributed by atoms with E-state index in [2.05, 4.69) is 29.6 Å². The standard InChI is InChI=1S/C15H23NO2/c1-17-11-15(18-2)13-7-5-12(6-8-13)10-14-4-3-9-16-14/h5-8,14-16H,3-4,9-11H2,1-2H3. The predicted octanol–water partition coefficient (Wildman–Crippen LogP) is 2.32. The molecule has 1 aliphatic heterocycles. The van der Waals surface area contributed by atoms with E-state index in [0.717, 1.165) is 6.42 Å². The molecule has 0 spiro atoms. The fourth-order valence-electron chi connectivity index (χ4n) is 2.54. The molecule has 0 radical (unpaired) electrons. The minimum Gasteiger partial charge on any atom is -0.382 e. The molecule has 1 N–H and O–H groups in total. The molecule has 1 aromatic carbocycles. The summed E-state index contributed by atoms with van der Waals surface area (Å²) in [6.07, 6.45) is 3.77. The van der Waals surface area contributed by atoms with Gasteiger partial charge >= 0.3 is 0 Å². The monoisotopic (exact) mass is 249 g/mol. The average molecular weight is 249 g/mol. The molecular weight excluding hydrogens is 226 g/mol. The summed E-state index contributed by atoms with van der Waals surface area (Å²) in [5, 5.41) is 3.53. The summed E-state index contributed by atoms with van der Waals surface area (Å²) in [7, 11) is 3.42. The van der Waals surface area contributed by atoms with E-state index < -0.39 is 0 Å². The van der Waals surface area contributed by atoms with Crippen LogP contribution >= 0.6 is 0 Å². The van der Waals surface area contributed by atoms with E-state index in [4.69, 9.17) is 9.47 Å². The van der Waals surface area contributed by atoms with Gasteiger partial charge in [0.05, 0.1) is 6.61 Å². The highest BCUT2D eigenvalue weighted by atomic mass is 16.5. The van der Waals surface area contributed by atoms with Crippen molar-refractivity contribution in [2.75, 3.05) is 27.4 Å². The second-order valence-electron chi connectivity index (χ2n) is 4.92. The van der Waals surface area contributed by atoms with Gasteiger partial charge in [-0.1, -0.05) is 24.3 Å². The molecule has 0 bridgehead atoms. The summed E-state index contributed by atoms with van der Waals surface area (Å²) in [6.45, 7) is 1.77. The van der Waals surface area contributed by atoms with E-state index in [9.17, 15) is 0 Å². The number of hydrogen-bond acceptors (Lipinski definition) is 3. The van der Waals surface area contributed by atoms with E-state index in [-0.39, 0.29) is 6.10 Å². The van der Waals surface area contributed by atoms with Crippen LogP contribution in [-0.2, 0) is 15.9 Å². The molecule has 3 heteroatoms. The molecule has 1 fully saturated rings. The van der Waals surface area contributed by atoms with Crippen LogP contribution < -0.4 is 5.32 Å². The van der Waals surface area contributed by atoms with Crippen LogP contribution in [0.5, 0.6) is 0 Å². The van der Waals surface area contributed by atoms with Crippen molar-refractivity contribution in [2.24, 2.45) is 0 Å². The fourth-order valence-corrected chi connectivity index (χ4v) is 2.54. The summed E-state index contributed by atoms with van der Waals surface area (Å²) in [5.74, 6) is 0. The zero-order chi connectivity index (χ0) is 12.8. The Kier molecular flexibility index (Phi) is 5.17. The van der Waals surface area contributed by atoms with Gasteiger partial charge in [0, 0.05) is 20.3 Å². The van der Waals surface area contributed by atoms with Crippen LogP contribution in [0.2, 0.25) is 0 Å². The molecule has 18 heavy (non-hydrogen) atoms. The molecule has 2 rings (SSSR count). The molecular formula is C15H23NO2. The largest absolute Gasteiger partial charge is 0.382 e. The number of benzene rings is 1. The molecule has 1 aromatic rings. The summed E-state index contributed by atoms with van der Waals surface area (Å²) in [5.41, 5.74) is 2.58. The molecule has 3 nitrogen and oxygen atoms in total. The molecule has 100 valence electrons. The van der Waals surface area contributed by atoms with Gasteiger partial charge in [-0.3, -0.25) is 0 Å². The Morgan fingerprint density at radius 1 is 1.28 bits per heavy atom. The summed E-state index contributed by atoms with van der Waals surface area (Å²) >= 11 is 0. The Morgan fingerprint density at radius 2 is 2.06 bits per heavy atom. The summed E-state index contributed by atoms with van der Waals surface area (Å²) < 4.78 is 10.6. The van der Waals surface area contributed by atoms with Crippen LogP contribution in [0.25, 0.3) is 0 Å². The van der Waals surface area contributed by atoms with Crippen molar-refractivity contribution >= 4 is 0 Å². The highest BCUT2D eigenvalue weighted by molar-refractivity contribution is 5.25. The molecule has 0 saturated carbocycles. The fraction of sp³-hybridized carbons (Fsp3) is 0.600. The van der Waals surface area contributed by atoms with E-state index in [0.29, 0.717) is 12.6 Å². The van der Waals surface area contributed by atoms with Gasteiger partial charge in [-0.05, 0) is 36.9 Å². The molecule has 1 saturated heterocycles. The van der Waals surface area contributed by atoms with E-state index in [1.54, 1.807) is 14.2 Å². The van der Waals surface area contributed by atoms with Gasteiger partial charge in [0.15, 0.2) is 0 Å². The van der Waals surface area contributed by atoms with Crippen LogP contribution in [0.1, 0.15) is 30.1 Å². The Morgan fingerprint density at radius 3 is 2.61 bits per heavy atom. The average Bonchev–Trinajstić information content (AvgIpc) is 2.90. The third-order valence-electron chi connectivity index (χ3n) is 3.60. The first-order chi connectivity index (χ1) is 8.83. The Labute approximate surface area is 109 Å². The van der Waals surface area contributed by atoms with Crippen molar-refractivity contribution in [3.8, 4) is 0 Å². The Balaban J connectivity index is 1.95. The molecule has 2 atom stereocenters. The Bertz CT molecular complexity index is 344. The van der Waals surface area contributed by atoms with Crippen LogP contribution in [0, 0.1) is 0 Å². The van der Waals surface area contributed by atoms with E-state index >= 15 is 0 Å². The van der Waals surface area contributed by atoms with Gasteiger partial charge in [0.1, 0.15) is 6.10 Å². The van der Waals surface area contributed by atoms with Gasteiger partial charge in [-0.25, -0.2) is 0 Å².